The van der Waals surface area contributed by atoms with Crippen molar-refractivity contribution in [1.29, 1.82) is 0 Å². The number of carbonyl (C=O) groups is 1. The van der Waals surface area contributed by atoms with Crippen molar-refractivity contribution in [2.75, 3.05) is 32.5 Å². The van der Waals surface area contributed by atoms with Crippen LogP contribution in [0.5, 0.6) is 5.75 Å². The van der Waals surface area contributed by atoms with E-state index >= 15 is 4.39 Å². The van der Waals surface area contributed by atoms with Crippen LogP contribution < -0.4 is 4.74 Å². The fourth-order valence-corrected chi connectivity index (χ4v) is 5.73. The fraction of sp³-hybridized carbons (Fsp3) is 0.462. The van der Waals surface area contributed by atoms with Crippen molar-refractivity contribution in [3.63, 3.8) is 0 Å². The predicted molar refractivity (Wildman–Crippen MR) is 131 cm³/mol. The molecule has 0 spiro atoms. The number of carboxylic acid groups (broad SMARTS) is 1. The summed E-state index contributed by atoms with van der Waals surface area (Å²) in [7, 11) is 1.59. The van der Waals surface area contributed by atoms with Gasteiger partial charge in [0.1, 0.15) is 11.9 Å². The van der Waals surface area contributed by atoms with E-state index in [0.29, 0.717) is 24.2 Å². The minimum Gasteiger partial charge on any atom is -0.497 e. The molecule has 1 aliphatic heterocycles. The van der Waals surface area contributed by atoms with E-state index in [2.05, 4.69) is 9.88 Å². The zero-order valence-electron chi connectivity index (χ0n) is 19.4. The Morgan fingerprint density at radius 2 is 2.24 bits per heavy atom. The van der Waals surface area contributed by atoms with Gasteiger partial charge in [0.15, 0.2) is 5.09 Å². The number of thioether (sulfide) groups is 1. The summed E-state index contributed by atoms with van der Waals surface area (Å²) in [4.78, 5) is 18.2. The number of nitrogens with zero attached hydrogens (tertiary/aromatic N) is 2. The number of furan rings is 1. The van der Waals surface area contributed by atoms with E-state index in [9.17, 15) is 9.90 Å². The van der Waals surface area contributed by atoms with Gasteiger partial charge in [-0.3, -0.25) is 9.78 Å². The Bertz CT molecular complexity index is 1080. The van der Waals surface area contributed by atoms with Gasteiger partial charge in [-0.15, -0.1) is 0 Å². The molecule has 3 atom stereocenters. The molecule has 1 aliphatic rings. The Hall–Kier alpha value is -2.58. The zero-order chi connectivity index (χ0) is 23.9. The van der Waals surface area contributed by atoms with Crippen LogP contribution in [0.25, 0.3) is 10.9 Å². The van der Waals surface area contributed by atoms with Crippen LogP contribution in [0.2, 0.25) is 0 Å². The molecule has 0 bridgehead atoms. The number of hydrogen-bond acceptors (Lipinski definition) is 6. The molecule has 0 amide bonds. The third-order valence-electron chi connectivity index (χ3n) is 6.67. The minimum absolute atomic E-state index is 0.0290. The summed E-state index contributed by atoms with van der Waals surface area (Å²) in [6, 6.07) is 11.0. The molecule has 6 nitrogen and oxygen atoms in total. The third kappa shape index (κ3) is 6.30. The van der Waals surface area contributed by atoms with Gasteiger partial charge in [-0.2, -0.15) is 0 Å². The molecule has 8 heteroatoms. The molecule has 3 heterocycles. The van der Waals surface area contributed by atoms with Gasteiger partial charge in [-0.05, 0) is 79.6 Å². The molecule has 182 valence electrons. The number of rotatable bonds is 11. The average Bonchev–Trinajstić information content (AvgIpc) is 3.36. The predicted octanol–water partition coefficient (Wildman–Crippen LogP) is 5.83. The molecule has 0 unspecified atom stereocenters. The number of carboxylic acids is 1. The number of likely N-dealkylation sites (tertiary alicyclic amines) is 1. The van der Waals surface area contributed by atoms with Crippen LogP contribution in [-0.2, 0) is 4.79 Å². The van der Waals surface area contributed by atoms with Crippen LogP contribution in [0.4, 0.5) is 4.39 Å². The van der Waals surface area contributed by atoms with Crippen LogP contribution in [0, 0.1) is 11.8 Å². The SMILES string of the molecule is COc1ccc2nccc([C@H](F)CC[C@@H]3CCN(CCSc4ccco4)C[C@@H]3CC(=O)O)c2c1. The number of halogens is 1. The van der Waals surface area contributed by atoms with Crippen molar-refractivity contribution in [1.82, 2.24) is 9.88 Å². The monoisotopic (exact) mass is 486 g/mol. The lowest BCUT2D eigenvalue weighted by Crippen LogP contribution is -2.42. The van der Waals surface area contributed by atoms with Gasteiger partial charge >= 0.3 is 5.97 Å². The quantitative estimate of drug-likeness (QED) is 0.342. The summed E-state index contributed by atoms with van der Waals surface area (Å²) in [6.45, 7) is 2.53. The standard InChI is InChI=1S/C26H31FN2O4S/c1-32-20-5-7-24-22(16-20)21(8-10-28-24)23(27)6-4-18-9-11-29(17-19(18)15-25(30)31)12-14-34-26-3-2-13-33-26/h2-3,5,7-8,10,13,16,18-19,23H,4,6,9,11-12,14-15,17H2,1H3,(H,30,31)/t18-,19+,23-/m1/s1. The fourth-order valence-electron chi connectivity index (χ4n) is 4.88. The van der Waals surface area contributed by atoms with Gasteiger partial charge < -0.3 is 19.2 Å². The first kappa shape index (κ1) is 24.5. The Morgan fingerprint density at radius 1 is 1.35 bits per heavy atom. The van der Waals surface area contributed by atoms with Crippen molar-refractivity contribution in [2.45, 2.75) is 36.9 Å². The van der Waals surface area contributed by atoms with E-state index < -0.39 is 12.1 Å². The highest BCUT2D eigenvalue weighted by Crippen LogP contribution is 2.36. The van der Waals surface area contributed by atoms with Gasteiger partial charge in [0.2, 0.25) is 0 Å². The average molecular weight is 487 g/mol. The Balaban J connectivity index is 1.35. The van der Waals surface area contributed by atoms with Crippen LogP contribution in [0.3, 0.4) is 0 Å². The molecular formula is C26H31FN2O4S. The third-order valence-corrected chi connectivity index (χ3v) is 7.57. The molecule has 34 heavy (non-hydrogen) atoms. The molecule has 4 rings (SSSR count). The first-order valence-corrected chi connectivity index (χ1v) is 12.7. The van der Waals surface area contributed by atoms with E-state index in [0.717, 1.165) is 47.8 Å². The second-order valence-electron chi connectivity index (χ2n) is 8.82. The number of piperidine rings is 1. The largest absolute Gasteiger partial charge is 0.497 e. The number of alkyl halides is 1. The van der Waals surface area contributed by atoms with Gasteiger partial charge in [-0.1, -0.05) is 11.8 Å². The number of fused-ring (bicyclic) bond motifs is 1. The second kappa shape index (κ2) is 11.7. The maximum atomic E-state index is 15.4. The molecule has 1 aromatic carbocycles. The summed E-state index contributed by atoms with van der Waals surface area (Å²) >= 11 is 1.66. The first-order chi connectivity index (χ1) is 16.5. The highest BCUT2D eigenvalue weighted by atomic mass is 32.2. The van der Waals surface area contributed by atoms with Crippen molar-refractivity contribution >= 4 is 28.6 Å². The van der Waals surface area contributed by atoms with E-state index in [1.807, 2.05) is 30.3 Å². The van der Waals surface area contributed by atoms with Crippen molar-refractivity contribution in [3.05, 3.63) is 54.4 Å². The van der Waals surface area contributed by atoms with E-state index in [1.54, 1.807) is 37.4 Å². The molecule has 1 fully saturated rings. The van der Waals surface area contributed by atoms with E-state index in [-0.39, 0.29) is 18.3 Å². The summed E-state index contributed by atoms with van der Waals surface area (Å²) in [6.07, 6.45) is 4.22. The Labute approximate surface area is 203 Å². The van der Waals surface area contributed by atoms with Crippen molar-refractivity contribution < 1.29 is 23.4 Å². The first-order valence-electron chi connectivity index (χ1n) is 11.7. The van der Waals surface area contributed by atoms with Crippen LogP contribution in [-0.4, -0.2) is 53.5 Å². The van der Waals surface area contributed by atoms with Crippen molar-refractivity contribution in [3.8, 4) is 5.75 Å². The minimum atomic E-state index is -1.13. The number of ether oxygens (including phenoxy) is 1. The molecule has 1 N–H and O–H groups in total. The smallest absolute Gasteiger partial charge is 0.303 e. The van der Waals surface area contributed by atoms with Gasteiger partial charge in [0, 0.05) is 36.8 Å². The topological polar surface area (TPSA) is 75.8 Å². The zero-order valence-corrected chi connectivity index (χ0v) is 20.2. The van der Waals surface area contributed by atoms with Gasteiger partial charge in [0.25, 0.3) is 0 Å². The number of hydrogen-bond donors (Lipinski definition) is 1. The number of aromatic nitrogens is 1. The Kier molecular flexibility index (Phi) is 8.45. The normalized spacial score (nSPS) is 19.8. The lowest BCUT2D eigenvalue weighted by Gasteiger charge is -2.38. The Morgan fingerprint density at radius 3 is 3.00 bits per heavy atom. The van der Waals surface area contributed by atoms with Crippen molar-refractivity contribution in [2.24, 2.45) is 11.8 Å². The molecule has 0 radical (unpaired) electrons. The lowest BCUT2D eigenvalue weighted by atomic mass is 9.79. The maximum Gasteiger partial charge on any atom is 0.303 e. The van der Waals surface area contributed by atoms with E-state index in [4.69, 9.17) is 9.15 Å². The summed E-state index contributed by atoms with van der Waals surface area (Å²) in [5, 5.41) is 11.1. The van der Waals surface area contributed by atoms with Crippen LogP contribution in [0.15, 0.2) is 58.4 Å². The van der Waals surface area contributed by atoms with E-state index in [1.165, 1.54) is 0 Å². The number of methoxy groups -OCH3 is 1. The summed E-state index contributed by atoms with van der Waals surface area (Å²) in [5.74, 6) is 1.01. The molecule has 0 aliphatic carbocycles. The molecule has 0 saturated carbocycles. The number of pyridine rings is 1. The highest BCUT2D eigenvalue weighted by molar-refractivity contribution is 7.99. The maximum absolute atomic E-state index is 15.4. The second-order valence-corrected chi connectivity index (χ2v) is 9.92. The molecule has 3 aromatic rings. The number of benzene rings is 1. The van der Waals surface area contributed by atoms with Crippen LogP contribution >= 0.6 is 11.8 Å². The lowest BCUT2D eigenvalue weighted by molar-refractivity contribution is -0.139. The molecule has 2 aromatic heterocycles. The highest BCUT2D eigenvalue weighted by Gasteiger charge is 2.31. The summed E-state index contributed by atoms with van der Waals surface area (Å²) < 4.78 is 26.1. The van der Waals surface area contributed by atoms with Gasteiger partial charge in [-0.25, -0.2) is 4.39 Å². The summed E-state index contributed by atoms with van der Waals surface area (Å²) in [5.41, 5.74) is 1.36. The molecule has 1 saturated heterocycles. The molecular weight excluding hydrogens is 455 g/mol. The number of aliphatic carboxylic acids is 1. The van der Waals surface area contributed by atoms with Crippen LogP contribution in [0.1, 0.15) is 37.4 Å². The van der Waals surface area contributed by atoms with Gasteiger partial charge in [0.05, 0.1) is 18.9 Å².